The molecule has 0 aromatic heterocycles. The average molecular weight is 188 g/mol. The maximum absolute atomic E-state index is 5.53. The molecule has 0 aliphatic carbocycles. The van der Waals surface area contributed by atoms with Crippen LogP contribution < -0.4 is 5.01 Å². The standard InChI is InChI=1S/C11H12N2O/c1-8-7-10-11(14-10)13(12-8)9-5-3-2-4-6-9/h2-6,10-11H,7H2,1H3. The molecule has 0 bridgehead atoms. The Morgan fingerprint density at radius 2 is 2.14 bits per heavy atom. The van der Waals surface area contributed by atoms with Crippen molar-refractivity contribution in [2.75, 3.05) is 5.01 Å². The Kier molecular flexibility index (Phi) is 1.61. The van der Waals surface area contributed by atoms with Gasteiger partial charge in [-0.05, 0) is 19.1 Å². The summed E-state index contributed by atoms with van der Waals surface area (Å²) >= 11 is 0. The highest BCUT2D eigenvalue weighted by molar-refractivity contribution is 5.85. The van der Waals surface area contributed by atoms with Gasteiger partial charge >= 0.3 is 0 Å². The minimum absolute atomic E-state index is 0.182. The number of ether oxygens (including phenoxy) is 1. The SMILES string of the molecule is CC1=NN(c2ccccc2)C2OC2C1. The van der Waals surface area contributed by atoms with Crippen LogP contribution in [0.25, 0.3) is 0 Å². The maximum atomic E-state index is 5.53. The van der Waals surface area contributed by atoms with Gasteiger partial charge in [-0.25, -0.2) is 5.01 Å². The third-order valence-corrected chi connectivity index (χ3v) is 2.59. The second-order valence-corrected chi connectivity index (χ2v) is 3.78. The summed E-state index contributed by atoms with van der Waals surface area (Å²) in [7, 11) is 0. The van der Waals surface area contributed by atoms with Crippen LogP contribution >= 0.6 is 0 Å². The predicted molar refractivity (Wildman–Crippen MR) is 55.3 cm³/mol. The summed E-state index contributed by atoms with van der Waals surface area (Å²) in [5, 5.41) is 6.48. The van der Waals surface area contributed by atoms with Crippen LogP contribution in [0, 0.1) is 0 Å². The molecule has 0 saturated carbocycles. The molecule has 1 fully saturated rings. The largest absolute Gasteiger partial charge is 0.345 e. The highest BCUT2D eigenvalue weighted by atomic mass is 16.6. The van der Waals surface area contributed by atoms with Crippen LogP contribution in [-0.2, 0) is 4.74 Å². The Morgan fingerprint density at radius 3 is 2.93 bits per heavy atom. The Morgan fingerprint density at radius 1 is 1.36 bits per heavy atom. The number of rotatable bonds is 1. The zero-order valence-corrected chi connectivity index (χ0v) is 8.05. The zero-order chi connectivity index (χ0) is 9.54. The van der Waals surface area contributed by atoms with Crippen molar-refractivity contribution < 1.29 is 4.74 Å². The van der Waals surface area contributed by atoms with E-state index in [1.165, 1.54) is 0 Å². The maximum Gasteiger partial charge on any atom is 0.177 e. The van der Waals surface area contributed by atoms with E-state index in [0.29, 0.717) is 6.10 Å². The van der Waals surface area contributed by atoms with Gasteiger partial charge in [0.25, 0.3) is 0 Å². The molecule has 0 spiro atoms. The zero-order valence-electron chi connectivity index (χ0n) is 8.05. The molecule has 72 valence electrons. The summed E-state index contributed by atoms with van der Waals surface area (Å²) in [6.45, 7) is 2.05. The van der Waals surface area contributed by atoms with Crippen LogP contribution in [-0.4, -0.2) is 18.0 Å². The number of epoxide rings is 1. The number of hydrogen-bond donors (Lipinski definition) is 0. The lowest BCUT2D eigenvalue weighted by molar-refractivity contribution is 0.373. The molecule has 1 saturated heterocycles. The van der Waals surface area contributed by atoms with E-state index < -0.39 is 0 Å². The Bertz CT molecular complexity index is 374. The Balaban J connectivity index is 1.95. The second-order valence-electron chi connectivity index (χ2n) is 3.78. The van der Waals surface area contributed by atoms with Crippen LogP contribution in [0.5, 0.6) is 0 Å². The average Bonchev–Trinajstić information content (AvgIpc) is 2.96. The fourth-order valence-electron chi connectivity index (χ4n) is 1.86. The molecule has 2 heterocycles. The van der Waals surface area contributed by atoms with E-state index in [2.05, 4.69) is 17.2 Å². The van der Waals surface area contributed by atoms with Crippen LogP contribution in [0.4, 0.5) is 5.69 Å². The summed E-state index contributed by atoms with van der Waals surface area (Å²) in [6.07, 6.45) is 1.53. The second kappa shape index (κ2) is 2.82. The van der Waals surface area contributed by atoms with Crippen molar-refractivity contribution in [3.63, 3.8) is 0 Å². The first-order valence-electron chi connectivity index (χ1n) is 4.88. The molecule has 0 radical (unpaired) electrons. The van der Waals surface area contributed by atoms with Gasteiger partial charge < -0.3 is 4.74 Å². The lowest BCUT2D eigenvalue weighted by Crippen LogP contribution is -2.28. The highest BCUT2D eigenvalue weighted by Gasteiger charge is 2.47. The van der Waals surface area contributed by atoms with Crippen molar-refractivity contribution in [2.45, 2.75) is 25.7 Å². The Hall–Kier alpha value is -1.35. The van der Waals surface area contributed by atoms with Crippen LogP contribution in [0.15, 0.2) is 35.4 Å². The molecule has 3 rings (SSSR count). The smallest absolute Gasteiger partial charge is 0.177 e. The molecule has 3 nitrogen and oxygen atoms in total. The van der Waals surface area contributed by atoms with Gasteiger partial charge in [-0.1, -0.05) is 18.2 Å². The van der Waals surface area contributed by atoms with Crippen LogP contribution in [0.2, 0.25) is 0 Å². The van der Waals surface area contributed by atoms with Crippen molar-refractivity contribution in [1.29, 1.82) is 0 Å². The Labute approximate surface area is 83.0 Å². The fraction of sp³-hybridized carbons (Fsp3) is 0.364. The van der Waals surface area contributed by atoms with Crippen molar-refractivity contribution in [3.8, 4) is 0 Å². The fourth-order valence-corrected chi connectivity index (χ4v) is 1.86. The van der Waals surface area contributed by atoms with E-state index >= 15 is 0 Å². The number of benzene rings is 1. The third kappa shape index (κ3) is 1.21. The first-order chi connectivity index (χ1) is 6.84. The van der Waals surface area contributed by atoms with E-state index in [1.807, 2.05) is 30.1 Å². The summed E-state index contributed by atoms with van der Waals surface area (Å²) in [5.41, 5.74) is 2.26. The molecule has 2 atom stereocenters. The number of anilines is 1. The van der Waals surface area contributed by atoms with Gasteiger partial charge in [-0.2, -0.15) is 5.10 Å². The van der Waals surface area contributed by atoms with E-state index in [0.717, 1.165) is 17.8 Å². The highest BCUT2D eigenvalue weighted by Crippen LogP contribution is 2.36. The van der Waals surface area contributed by atoms with Crippen LogP contribution in [0.3, 0.4) is 0 Å². The van der Waals surface area contributed by atoms with E-state index in [9.17, 15) is 0 Å². The number of hydrazone groups is 1. The minimum atomic E-state index is 0.182. The van der Waals surface area contributed by atoms with Crippen molar-refractivity contribution in [1.82, 2.24) is 0 Å². The van der Waals surface area contributed by atoms with Gasteiger partial charge in [0.1, 0.15) is 6.10 Å². The number of nitrogens with zero attached hydrogens (tertiary/aromatic N) is 2. The first-order valence-corrected chi connectivity index (χ1v) is 4.88. The molecule has 0 amide bonds. The van der Waals surface area contributed by atoms with Gasteiger partial charge in [-0.3, -0.25) is 0 Å². The predicted octanol–water partition coefficient (Wildman–Crippen LogP) is 2.00. The molecule has 14 heavy (non-hydrogen) atoms. The normalized spacial score (nSPS) is 29.5. The summed E-state index contributed by atoms with van der Waals surface area (Å²) in [6, 6.07) is 10.2. The molecule has 3 heteroatoms. The van der Waals surface area contributed by atoms with Crippen molar-refractivity contribution >= 4 is 11.4 Å². The summed E-state index contributed by atoms with van der Waals surface area (Å²) in [5.74, 6) is 0. The molecule has 2 aliphatic rings. The molecular formula is C11H12N2O. The molecular weight excluding hydrogens is 176 g/mol. The van der Waals surface area contributed by atoms with Crippen LogP contribution in [0.1, 0.15) is 13.3 Å². The number of para-hydroxylation sites is 1. The first kappa shape index (κ1) is 8.00. The molecule has 1 aromatic carbocycles. The lowest BCUT2D eigenvalue weighted by atomic mass is 10.2. The van der Waals surface area contributed by atoms with Gasteiger partial charge in [0.05, 0.1) is 5.69 Å². The van der Waals surface area contributed by atoms with E-state index in [-0.39, 0.29) is 6.23 Å². The van der Waals surface area contributed by atoms with Crippen molar-refractivity contribution in [3.05, 3.63) is 30.3 Å². The summed E-state index contributed by atoms with van der Waals surface area (Å²) < 4.78 is 5.53. The minimum Gasteiger partial charge on any atom is -0.345 e. The van der Waals surface area contributed by atoms with Gasteiger partial charge in [0.15, 0.2) is 6.23 Å². The van der Waals surface area contributed by atoms with Crippen molar-refractivity contribution in [2.24, 2.45) is 5.10 Å². The molecule has 2 aliphatic heterocycles. The van der Waals surface area contributed by atoms with Gasteiger partial charge in [0, 0.05) is 12.1 Å². The lowest BCUT2D eigenvalue weighted by Gasteiger charge is -2.20. The number of fused-ring (bicyclic) bond motifs is 1. The molecule has 2 unspecified atom stereocenters. The number of hydrogen-bond acceptors (Lipinski definition) is 3. The quantitative estimate of drug-likeness (QED) is 0.630. The summed E-state index contributed by atoms with van der Waals surface area (Å²) in [4.78, 5) is 0. The third-order valence-electron chi connectivity index (χ3n) is 2.59. The molecule has 0 N–H and O–H groups in total. The van der Waals surface area contributed by atoms with E-state index in [4.69, 9.17) is 4.74 Å². The molecule has 1 aromatic rings. The van der Waals surface area contributed by atoms with Gasteiger partial charge in [0.2, 0.25) is 0 Å². The topological polar surface area (TPSA) is 28.1 Å². The van der Waals surface area contributed by atoms with Gasteiger partial charge in [-0.15, -0.1) is 0 Å². The van der Waals surface area contributed by atoms with E-state index in [1.54, 1.807) is 0 Å². The monoisotopic (exact) mass is 188 g/mol.